The van der Waals surface area contributed by atoms with Crippen molar-refractivity contribution in [2.45, 2.75) is 19.3 Å². The van der Waals surface area contributed by atoms with Crippen molar-refractivity contribution >= 4 is 40.6 Å². The molecule has 2 aliphatic rings. The lowest BCUT2D eigenvalue weighted by atomic mass is 9.91. The molecule has 10 nitrogen and oxygen atoms in total. The van der Waals surface area contributed by atoms with Crippen molar-refractivity contribution in [2.24, 2.45) is 0 Å². The number of amides is 3. The fourth-order valence-corrected chi connectivity index (χ4v) is 6.39. The van der Waals surface area contributed by atoms with Crippen LogP contribution in [0.1, 0.15) is 24.0 Å². The topological polar surface area (TPSA) is 108 Å². The molecule has 6 aromatic rings. The van der Waals surface area contributed by atoms with Gasteiger partial charge in [-0.3, -0.25) is 14.1 Å². The van der Waals surface area contributed by atoms with Crippen molar-refractivity contribution in [3.05, 3.63) is 121 Å². The van der Waals surface area contributed by atoms with Gasteiger partial charge in [0.15, 0.2) is 0 Å². The van der Waals surface area contributed by atoms with E-state index in [4.69, 9.17) is 9.97 Å². The monoisotopic (exact) mass is 620 g/mol. The summed E-state index contributed by atoms with van der Waals surface area (Å²) >= 11 is 0. The second-order valence-corrected chi connectivity index (χ2v) is 11.9. The summed E-state index contributed by atoms with van der Waals surface area (Å²) in [6.07, 6.45) is 4.55. The summed E-state index contributed by atoms with van der Waals surface area (Å²) in [4.78, 5) is 42.9. The van der Waals surface area contributed by atoms with Crippen LogP contribution < -0.4 is 15.5 Å². The highest BCUT2D eigenvalue weighted by Gasteiger charge is 2.29. The Labute approximate surface area is 271 Å². The zero-order valence-corrected chi connectivity index (χ0v) is 25.8. The maximum atomic E-state index is 13.3. The van der Waals surface area contributed by atoms with E-state index in [1.165, 1.54) is 11.1 Å². The van der Waals surface area contributed by atoms with Gasteiger partial charge < -0.3 is 15.5 Å². The van der Waals surface area contributed by atoms with Gasteiger partial charge in [0, 0.05) is 67.5 Å². The number of urea groups is 1. The molecule has 0 unspecified atom stereocenters. The number of carbonyl (C=O) groups excluding carboxylic acids is 2. The number of imidazole rings is 1. The third-order valence-electron chi connectivity index (χ3n) is 8.91. The van der Waals surface area contributed by atoms with Gasteiger partial charge in [-0.25, -0.2) is 19.7 Å². The molecule has 3 amide bonds. The summed E-state index contributed by atoms with van der Waals surface area (Å²) in [7, 11) is 0. The Morgan fingerprint density at radius 3 is 2.53 bits per heavy atom. The fraction of sp³-hybridized carbons (Fsp3) is 0.162. The van der Waals surface area contributed by atoms with Gasteiger partial charge in [0.05, 0.1) is 17.1 Å². The maximum Gasteiger partial charge on any atom is 0.326 e. The Bertz CT molecular complexity index is 2130. The second kappa shape index (κ2) is 11.7. The zero-order valence-electron chi connectivity index (χ0n) is 25.8. The van der Waals surface area contributed by atoms with Crippen LogP contribution in [0.2, 0.25) is 0 Å². The first-order chi connectivity index (χ1) is 23.0. The SMILES string of the molecule is CC(=O)N1CC(c2ccc(Nc3nccc(-c4c(-c5cccc(NC(=O)N6CCc7ccccc76)c5)nc5ccccn45)n3)cc2)C1. The van der Waals surface area contributed by atoms with Crippen LogP contribution in [0.15, 0.2) is 109 Å². The van der Waals surface area contributed by atoms with Gasteiger partial charge in [0.25, 0.3) is 0 Å². The predicted molar refractivity (Wildman–Crippen MR) is 183 cm³/mol. The minimum absolute atomic E-state index is 0.120. The number of nitrogens with zero attached hydrogens (tertiary/aromatic N) is 6. The molecular formula is C37H32N8O2. The third-order valence-corrected chi connectivity index (χ3v) is 8.91. The molecule has 0 atom stereocenters. The average Bonchev–Trinajstić information content (AvgIpc) is 3.67. The molecule has 0 radical (unpaired) electrons. The number of carbonyl (C=O) groups is 2. The molecule has 232 valence electrons. The maximum absolute atomic E-state index is 13.3. The van der Waals surface area contributed by atoms with E-state index in [0.29, 0.717) is 29.8 Å². The van der Waals surface area contributed by atoms with E-state index in [9.17, 15) is 9.59 Å². The van der Waals surface area contributed by atoms with E-state index in [1.54, 1.807) is 18.0 Å². The molecule has 0 aliphatic carbocycles. The summed E-state index contributed by atoms with van der Waals surface area (Å²) in [5, 5.41) is 6.43. The minimum atomic E-state index is -0.160. The number of rotatable bonds is 6. The van der Waals surface area contributed by atoms with Crippen LogP contribution in [0.25, 0.3) is 28.3 Å². The summed E-state index contributed by atoms with van der Waals surface area (Å²) in [5.41, 5.74) is 8.79. The van der Waals surface area contributed by atoms with Crippen LogP contribution in [0.4, 0.5) is 27.8 Å². The van der Waals surface area contributed by atoms with E-state index in [2.05, 4.69) is 33.8 Å². The lowest BCUT2D eigenvalue weighted by Crippen LogP contribution is -2.47. The Morgan fingerprint density at radius 2 is 1.68 bits per heavy atom. The minimum Gasteiger partial charge on any atom is -0.342 e. The van der Waals surface area contributed by atoms with Crippen molar-refractivity contribution in [3.8, 4) is 22.6 Å². The molecule has 47 heavy (non-hydrogen) atoms. The molecule has 0 bridgehead atoms. The largest absolute Gasteiger partial charge is 0.342 e. The van der Waals surface area contributed by atoms with Crippen LogP contribution in [0.5, 0.6) is 0 Å². The normalized spacial score (nSPS) is 14.1. The van der Waals surface area contributed by atoms with Crippen LogP contribution in [0.3, 0.4) is 0 Å². The number of hydrogen-bond donors (Lipinski definition) is 2. The zero-order chi connectivity index (χ0) is 31.9. The van der Waals surface area contributed by atoms with Crippen LogP contribution in [0, 0.1) is 0 Å². The molecular weight excluding hydrogens is 588 g/mol. The Kier molecular flexibility index (Phi) is 7.09. The highest BCUT2D eigenvalue weighted by molar-refractivity contribution is 6.03. The van der Waals surface area contributed by atoms with E-state index in [1.807, 2.05) is 94.4 Å². The highest BCUT2D eigenvalue weighted by Crippen LogP contribution is 2.34. The first-order valence-corrected chi connectivity index (χ1v) is 15.7. The highest BCUT2D eigenvalue weighted by atomic mass is 16.2. The lowest BCUT2D eigenvalue weighted by Gasteiger charge is -2.39. The number of pyridine rings is 1. The molecule has 3 aromatic carbocycles. The molecule has 2 aliphatic heterocycles. The van der Waals surface area contributed by atoms with Crippen molar-refractivity contribution in [1.82, 2.24) is 24.3 Å². The molecule has 1 fully saturated rings. The summed E-state index contributed by atoms with van der Waals surface area (Å²) in [5.74, 6) is 0.949. The van der Waals surface area contributed by atoms with Gasteiger partial charge >= 0.3 is 6.03 Å². The van der Waals surface area contributed by atoms with Crippen molar-refractivity contribution < 1.29 is 9.59 Å². The summed E-state index contributed by atoms with van der Waals surface area (Å²) < 4.78 is 2.02. The standard InChI is InChI=1S/C37H32N8O2/c1-24(46)43-22-28(23-43)25-12-14-29(15-13-25)39-36-38-18-16-31(41-36)35-34(42-33-11-4-5-19-45(33)35)27-8-6-9-30(21-27)40-37(47)44-20-17-26-7-2-3-10-32(26)44/h2-16,18-19,21,28H,17,20,22-23H2,1H3,(H,40,47)(H,38,39,41). The van der Waals surface area contributed by atoms with Gasteiger partial charge in [-0.1, -0.05) is 48.5 Å². The summed E-state index contributed by atoms with van der Waals surface area (Å²) in [6.45, 7) is 3.78. The quantitative estimate of drug-likeness (QED) is 0.214. The summed E-state index contributed by atoms with van der Waals surface area (Å²) in [6, 6.07) is 31.6. The Balaban J connectivity index is 1.06. The van der Waals surface area contributed by atoms with E-state index < -0.39 is 0 Å². The van der Waals surface area contributed by atoms with Gasteiger partial charge in [0.1, 0.15) is 5.65 Å². The molecule has 5 heterocycles. The molecule has 0 spiro atoms. The number of hydrogen-bond acceptors (Lipinski definition) is 6. The Hall–Kier alpha value is -6.03. The van der Waals surface area contributed by atoms with Crippen molar-refractivity contribution in [1.29, 1.82) is 0 Å². The number of benzene rings is 3. The molecule has 1 saturated heterocycles. The Morgan fingerprint density at radius 1 is 0.851 bits per heavy atom. The molecule has 3 aromatic heterocycles. The lowest BCUT2D eigenvalue weighted by molar-refractivity contribution is -0.133. The first-order valence-electron chi connectivity index (χ1n) is 15.7. The number of anilines is 4. The number of likely N-dealkylation sites (tertiary alicyclic amines) is 1. The first kappa shape index (κ1) is 28.4. The van der Waals surface area contributed by atoms with Gasteiger partial charge in [-0.2, -0.15) is 0 Å². The molecule has 8 rings (SSSR count). The van der Waals surface area contributed by atoms with Crippen molar-refractivity contribution in [3.63, 3.8) is 0 Å². The van der Waals surface area contributed by atoms with Gasteiger partial charge in [-0.05, 0) is 66.1 Å². The van der Waals surface area contributed by atoms with Crippen LogP contribution in [-0.4, -0.2) is 55.8 Å². The molecule has 0 saturated carbocycles. The van der Waals surface area contributed by atoms with Gasteiger partial charge in [-0.15, -0.1) is 0 Å². The van der Waals surface area contributed by atoms with Crippen LogP contribution >= 0.6 is 0 Å². The molecule has 10 heteroatoms. The van der Waals surface area contributed by atoms with Crippen molar-refractivity contribution in [2.75, 3.05) is 35.2 Å². The van der Waals surface area contributed by atoms with E-state index in [0.717, 1.165) is 53.5 Å². The fourth-order valence-electron chi connectivity index (χ4n) is 6.39. The number of nitrogens with one attached hydrogen (secondary N) is 2. The number of fused-ring (bicyclic) bond motifs is 2. The average molecular weight is 621 g/mol. The second-order valence-electron chi connectivity index (χ2n) is 11.9. The van der Waals surface area contributed by atoms with Crippen LogP contribution in [-0.2, 0) is 11.2 Å². The number of para-hydroxylation sites is 1. The smallest absolute Gasteiger partial charge is 0.326 e. The predicted octanol–water partition coefficient (Wildman–Crippen LogP) is 6.74. The van der Waals surface area contributed by atoms with Gasteiger partial charge in [0.2, 0.25) is 11.9 Å². The van der Waals surface area contributed by atoms with E-state index in [-0.39, 0.29) is 11.9 Å². The molecule has 2 N–H and O–H groups in total. The third kappa shape index (κ3) is 5.43. The van der Waals surface area contributed by atoms with E-state index >= 15 is 0 Å². The number of aromatic nitrogens is 4.